The molecule has 0 aliphatic rings. The fourth-order valence-electron chi connectivity index (χ4n) is 1.65. The van der Waals surface area contributed by atoms with E-state index in [1.54, 1.807) is 0 Å². The summed E-state index contributed by atoms with van der Waals surface area (Å²) in [5, 5.41) is 3.91. The van der Waals surface area contributed by atoms with Gasteiger partial charge in [0.2, 0.25) is 10.0 Å². The first kappa shape index (κ1) is 15.2. The van der Waals surface area contributed by atoms with Gasteiger partial charge in [0.1, 0.15) is 4.88 Å². The van der Waals surface area contributed by atoms with Crippen LogP contribution in [0.4, 0.5) is 0 Å². The molecule has 0 fully saturated rings. The first-order chi connectivity index (χ1) is 9.38. The Kier molecular flexibility index (Phi) is 4.64. The van der Waals surface area contributed by atoms with E-state index in [0.717, 1.165) is 16.3 Å². The van der Waals surface area contributed by atoms with Crippen LogP contribution in [0.2, 0.25) is 5.02 Å². The number of fused-ring (bicyclic) bond motifs is 1. The molecule has 0 spiro atoms. The quantitative estimate of drug-likeness (QED) is 0.820. The molecule has 1 aromatic carbocycles. The normalized spacial score (nSPS) is 11.7. The summed E-state index contributed by atoms with van der Waals surface area (Å²) in [6, 6.07) is 7.50. The van der Waals surface area contributed by atoms with E-state index in [9.17, 15) is 13.2 Å². The van der Waals surface area contributed by atoms with Gasteiger partial charge in [0, 0.05) is 23.2 Å². The standard InChI is InChI=1S/C12H13ClN2O3S2/c1-20(17,18)15-7-6-14-12(16)11-10(13)8-4-2-3-5-9(8)19-11/h2-5,15H,6-7H2,1H3,(H,14,16). The van der Waals surface area contributed by atoms with E-state index < -0.39 is 10.0 Å². The number of hydrogen-bond acceptors (Lipinski definition) is 4. The van der Waals surface area contributed by atoms with Crippen LogP contribution >= 0.6 is 22.9 Å². The zero-order valence-electron chi connectivity index (χ0n) is 10.6. The van der Waals surface area contributed by atoms with E-state index in [2.05, 4.69) is 10.0 Å². The number of thiophene rings is 1. The summed E-state index contributed by atoms with van der Waals surface area (Å²) in [6.07, 6.45) is 1.07. The predicted octanol–water partition coefficient (Wildman–Crippen LogP) is 1.83. The zero-order valence-corrected chi connectivity index (χ0v) is 13.0. The maximum Gasteiger partial charge on any atom is 0.262 e. The number of sulfonamides is 1. The Morgan fingerprint density at radius 2 is 2.00 bits per heavy atom. The monoisotopic (exact) mass is 332 g/mol. The third-order valence-corrected chi connectivity index (χ3v) is 4.92. The second kappa shape index (κ2) is 6.09. The van der Waals surface area contributed by atoms with Gasteiger partial charge in [-0.1, -0.05) is 29.8 Å². The van der Waals surface area contributed by atoms with Gasteiger partial charge >= 0.3 is 0 Å². The molecule has 0 bridgehead atoms. The van der Waals surface area contributed by atoms with Crippen LogP contribution in [-0.4, -0.2) is 33.7 Å². The summed E-state index contributed by atoms with van der Waals surface area (Å²) in [4.78, 5) is 12.4. The van der Waals surface area contributed by atoms with Crippen molar-refractivity contribution >= 4 is 49.0 Å². The number of halogens is 1. The molecule has 20 heavy (non-hydrogen) atoms. The maximum absolute atomic E-state index is 12.0. The number of nitrogens with one attached hydrogen (secondary N) is 2. The Balaban J connectivity index is 2.03. The lowest BCUT2D eigenvalue weighted by Crippen LogP contribution is -2.33. The van der Waals surface area contributed by atoms with Gasteiger partial charge in [0.05, 0.1) is 11.3 Å². The fraction of sp³-hybridized carbons (Fsp3) is 0.250. The molecule has 0 atom stereocenters. The van der Waals surface area contributed by atoms with Crippen molar-refractivity contribution in [3.63, 3.8) is 0 Å². The van der Waals surface area contributed by atoms with Crippen molar-refractivity contribution in [1.82, 2.24) is 10.0 Å². The molecule has 0 saturated carbocycles. The molecular weight excluding hydrogens is 320 g/mol. The summed E-state index contributed by atoms with van der Waals surface area (Å²) in [6.45, 7) is 0.351. The minimum Gasteiger partial charge on any atom is -0.350 e. The van der Waals surface area contributed by atoms with Crippen molar-refractivity contribution in [2.75, 3.05) is 19.3 Å². The van der Waals surface area contributed by atoms with Crippen LogP contribution in [0.5, 0.6) is 0 Å². The van der Waals surface area contributed by atoms with Crippen molar-refractivity contribution in [1.29, 1.82) is 0 Å². The average molecular weight is 333 g/mol. The number of amides is 1. The molecule has 0 aliphatic heterocycles. The number of rotatable bonds is 5. The lowest BCUT2D eigenvalue weighted by Gasteiger charge is -2.04. The fourth-order valence-corrected chi connectivity index (χ4v) is 3.56. The summed E-state index contributed by atoms with van der Waals surface area (Å²) >= 11 is 7.49. The summed E-state index contributed by atoms with van der Waals surface area (Å²) in [7, 11) is -3.24. The van der Waals surface area contributed by atoms with Crippen LogP contribution in [0.25, 0.3) is 10.1 Å². The molecule has 1 heterocycles. The minimum atomic E-state index is -3.24. The van der Waals surface area contributed by atoms with E-state index in [1.165, 1.54) is 11.3 Å². The molecule has 108 valence electrons. The summed E-state index contributed by atoms with van der Waals surface area (Å²) in [5.41, 5.74) is 0. The average Bonchev–Trinajstić information content (AvgIpc) is 2.72. The Bertz CT molecular complexity index is 740. The molecule has 5 nitrogen and oxygen atoms in total. The van der Waals surface area contributed by atoms with Crippen molar-refractivity contribution in [3.05, 3.63) is 34.2 Å². The van der Waals surface area contributed by atoms with E-state index in [4.69, 9.17) is 11.6 Å². The second-order valence-electron chi connectivity index (χ2n) is 4.16. The van der Waals surface area contributed by atoms with E-state index >= 15 is 0 Å². The Morgan fingerprint density at radius 3 is 2.65 bits per heavy atom. The van der Waals surface area contributed by atoms with Crippen molar-refractivity contribution in [2.45, 2.75) is 0 Å². The van der Waals surface area contributed by atoms with Crippen molar-refractivity contribution < 1.29 is 13.2 Å². The van der Waals surface area contributed by atoms with Gasteiger partial charge in [-0.2, -0.15) is 0 Å². The van der Waals surface area contributed by atoms with Gasteiger partial charge in [-0.25, -0.2) is 13.1 Å². The van der Waals surface area contributed by atoms with Crippen molar-refractivity contribution in [2.24, 2.45) is 0 Å². The molecule has 0 aliphatic carbocycles. The van der Waals surface area contributed by atoms with Crippen molar-refractivity contribution in [3.8, 4) is 0 Å². The van der Waals surface area contributed by atoms with E-state index in [-0.39, 0.29) is 19.0 Å². The molecule has 2 N–H and O–H groups in total. The molecule has 2 rings (SSSR count). The van der Waals surface area contributed by atoms with Crippen LogP contribution in [0.3, 0.4) is 0 Å². The largest absolute Gasteiger partial charge is 0.350 e. The Labute approximate surface area is 126 Å². The van der Waals surface area contributed by atoms with Gasteiger partial charge in [-0.3, -0.25) is 4.79 Å². The van der Waals surface area contributed by atoms with Crippen LogP contribution < -0.4 is 10.0 Å². The van der Waals surface area contributed by atoms with Gasteiger partial charge < -0.3 is 5.32 Å². The first-order valence-corrected chi connectivity index (χ1v) is 8.87. The number of hydrogen-bond donors (Lipinski definition) is 2. The highest BCUT2D eigenvalue weighted by Gasteiger charge is 2.16. The van der Waals surface area contributed by atoms with Gasteiger partial charge in [-0.05, 0) is 6.07 Å². The van der Waals surface area contributed by atoms with E-state index in [0.29, 0.717) is 9.90 Å². The maximum atomic E-state index is 12.0. The molecule has 1 amide bonds. The smallest absolute Gasteiger partial charge is 0.262 e. The highest BCUT2D eigenvalue weighted by atomic mass is 35.5. The van der Waals surface area contributed by atoms with Crippen LogP contribution in [0, 0.1) is 0 Å². The van der Waals surface area contributed by atoms with Gasteiger partial charge in [0.15, 0.2) is 0 Å². The molecular formula is C12H13ClN2O3S2. The topological polar surface area (TPSA) is 75.3 Å². The lowest BCUT2D eigenvalue weighted by molar-refractivity contribution is 0.0958. The van der Waals surface area contributed by atoms with Gasteiger partial charge in [-0.15, -0.1) is 11.3 Å². The molecule has 2 aromatic rings. The van der Waals surface area contributed by atoms with Crippen LogP contribution in [0.15, 0.2) is 24.3 Å². The third-order valence-electron chi connectivity index (χ3n) is 2.52. The third kappa shape index (κ3) is 3.69. The molecule has 0 radical (unpaired) electrons. The molecule has 8 heteroatoms. The first-order valence-electron chi connectivity index (χ1n) is 5.78. The van der Waals surface area contributed by atoms with E-state index in [1.807, 2.05) is 24.3 Å². The zero-order chi connectivity index (χ0) is 14.8. The lowest BCUT2D eigenvalue weighted by atomic mass is 10.2. The Hall–Kier alpha value is -1.15. The molecule has 0 saturated heterocycles. The summed E-state index contributed by atoms with van der Waals surface area (Å²) in [5.74, 6) is -0.300. The minimum absolute atomic E-state index is 0.146. The number of carbonyl (C=O) groups is 1. The SMILES string of the molecule is CS(=O)(=O)NCCNC(=O)c1sc2ccccc2c1Cl. The van der Waals surface area contributed by atoms with Gasteiger partial charge in [0.25, 0.3) is 5.91 Å². The van der Waals surface area contributed by atoms with Crippen LogP contribution in [0.1, 0.15) is 9.67 Å². The van der Waals surface area contributed by atoms with Crippen LogP contribution in [-0.2, 0) is 10.0 Å². The molecule has 1 aromatic heterocycles. The highest BCUT2D eigenvalue weighted by molar-refractivity contribution is 7.88. The predicted molar refractivity (Wildman–Crippen MR) is 82.0 cm³/mol. The number of benzene rings is 1. The number of carbonyl (C=O) groups excluding carboxylic acids is 1. The molecule has 0 unspecified atom stereocenters. The summed E-state index contributed by atoms with van der Waals surface area (Å²) < 4.78 is 25.0. The Morgan fingerprint density at radius 1 is 1.30 bits per heavy atom. The highest BCUT2D eigenvalue weighted by Crippen LogP contribution is 2.34. The second-order valence-corrected chi connectivity index (χ2v) is 7.43.